The number of nitrogens with one attached hydrogen (secondary N) is 1. The lowest BCUT2D eigenvalue weighted by Gasteiger charge is -2.36. The maximum Gasteiger partial charge on any atom is 0.255 e. The highest BCUT2D eigenvalue weighted by atomic mass is 35.5. The van der Waals surface area contributed by atoms with Crippen LogP contribution in [0, 0.1) is 12.7 Å². The summed E-state index contributed by atoms with van der Waals surface area (Å²) >= 11 is 6.13. The number of nitrogens with zero attached hydrogens (tertiary/aromatic N) is 2. The average Bonchev–Trinajstić information content (AvgIpc) is 2.78. The molecule has 0 spiro atoms. The zero-order valence-electron chi connectivity index (χ0n) is 17.4. The van der Waals surface area contributed by atoms with E-state index in [0.29, 0.717) is 10.6 Å². The lowest BCUT2D eigenvalue weighted by atomic mass is 10.1. The molecular weight excluding hydrogens is 413 g/mol. The number of carbonyl (C=O) groups is 1. The molecule has 31 heavy (non-hydrogen) atoms. The molecule has 1 saturated heterocycles. The molecule has 0 aromatic heterocycles. The normalized spacial score (nSPS) is 14.5. The van der Waals surface area contributed by atoms with E-state index in [4.69, 9.17) is 11.6 Å². The minimum Gasteiger partial charge on any atom is -0.369 e. The zero-order valence-corrected chi connectivity index (χ0v) is 18.2. The van der Waals surface area contributed by atoms with Crippen LogP contribution in [-0.4, -0.2) is 37.0 Å². The third kappa shape index (κ3) is 5.43. The minimum absolute atomic E-state index is 0.177. The van der Waals surface area contributed by atoms with Gasteiger partial charge in [-0.2, -0.15) is 0 Å². The van der Waals surface area contributed by atoms with Crippen LogP contribution in [-0.2, 0) is 6.54 Å². The molecule has 1 amide bonds. The summed E-state index contributed by atoms with van der Waals surface area (Å²) in [5, 5.41) is 3.51. The Kier molecular flexibility index (Phi) is 6.54. The van der Waals surface area contributed by atoms with Gasteiger partial charge < -0.3 is 10.2 Å². The number of aryl methyl sites for hydroxylation is 1. The number of hydrogen-bond donors (Lipinski definition) is 1. The third-order valence-electron chi connectivity index (χ3n) is 5.62. The van der Waals surface area contributed by atoms with Crippen LogP contribution in [0.4, 0.5) is 15.8 Å². The van der Waals surface area contributed by atoms with Gasteiger partial charge in [-0.05, 0) is 66.6 Å². The van der Waals surface area contributed by atoms with E-state index < -0.39 is 0 Å². The average molecular weight is 438 g/mol. The van der Waals surface area contributed by atoms with Crippen molar-refractivity contribution in [2.45, 2.75) is 13.5 Å². The topological polar surface area (TPSA) is 35.6 Å². The molecule has 160 valence electrons. The van der Waals surface area contributed by atoms with E-state index in [1.165, 1.54) is 12.1 Å². The van der Waals surface area contributed by atoms with Crippen molar-refractivity contribution in [1.82, 2.24) is 4.90 Å². The number of benzene rings is 3. The van der Waals surface area contributed by atoms with Gasteiger partial charge >= 0.3 is 0 Å². The van der Waals surface area contributed by atoms with E-state index in [1.807, 2.05) is 49.4 Å². The van der Waals surface area contributed by atoms with Crippen molar-refractivity contribution in [1.29, 1.82) is 0 Å². The molecule has 0 unspecified atom stereocenters. The van der Waals surface area contributed by atoms with E-state index in [1.54, 1.807) is 12.1 Å². The molecule has 1 N–H and O–H groups in total. The van der Waals surface area contributed by atoms with Gasteiger partial charge in [0.1, 0.15) is 5.82 Å². The van der Waals surface area contributed by atoms with Gasteiger partial charge in [0.05, 0.1) is 0 Å². The Hall–Kier alpha value is -2.89. The molecule has 4 rings (SSSR count). The molecule has 6 heteroatoms. The van der Waals surface area contributed by atoms with Gasteiger partial charge in [-0.15, -0.1) is 0 Å². The number of amides is 1. The Labute approximate surface area is 187 Å². The van der Waals surface area contributed by atoms with Crippen LogP contribution < -0.4 is 10.2 Å². The molecule has 0 saturated carbocycles. The number of piperazine rings is 1. The van der Waals surface area contributed by atoms with Crippen molar-refractivity contribution in [2.24, 2.45) is 0 Å². The van der Waals surface area contributed by atoms with Crippen molar-refractivity contribution in [3.8, 4) is 0 Å². The van der Waals surface area contributed by atoms with E-state index in [-0.39, 0.29) is 11.7 Å². The first-order valence-corrected chi connectivity index (χ1v) is 10.7. The molecule has 3 aromatic rings. The first kappa shape index (κ1) is 21.3. The highest BCUT2D eigenvalue weighted by Gasteiger charge is 2.17. The predicted molar refractivity (Wildman–Crippen MR) is 124 cm³/mol. The van der Waals surface area contributed by atoms with Crippen LogP contribution in [0.5, 0.6) is 0 Å². The number of carbonyl (C=O) groups excluding carboxylic acids is 1. The molecule has 3 aromatic carbocycles. The molecular formula is C25H25ClFN3O. The van der Waals surface area contributed by atoms with Crippen molar-refractivity contribution in [2.75, 3.05) is 36.4 Å². The van der Waals surface area contributed by atoms with Crippen LogP contribution in [0.1, 0.15) is 21.5 Å². The van der Waals surface area contributed by atoms with Gasteiger partial charge in [-0.1, -0.05) is 29.8 Å². The van der Waals surface area contributed by atoms with Crippen LogP contribution in [0.3, 0.4) is 0 Å². The summed E-state index contributed by atoms with van der Waals surface area (Å²) in [6.07, 6.45) is 0. The van der Waals surface area contributed by atoms with Gasteiger partial charge in [0, 0.05) is 54.7 Å². The highest BCUT2D eigenvalue weighted by molar-refractivity contribution is 6.31. The van der Waals surface area contributed by atoms with Crippen LogP contribution >= 0.6 is 11.6 Å². The Morgan fingerprint density at radius 3 is 2.29 bits per heavy atom. The van der Waals surface area contributed by atoms with Crippen LogP contribution in [0.15, 0.2) is 66.7 Å². The summed E-state index contributed by atoms with van der Waals surface area (Å²) in [5.41, 5.74) is 4.50. The Balaban J connectivity index is 1.30. The SMILES string of the molecule is Cc1ccc(C(=O)Nc2ccc(N3CCN(Cc4ccc(F)cc4)CC3)cc2)cc1Cl. The maximum atomic E-state index is 13.1. The fourth-order valence-corrected chi connectivity index (χ4v) is 3.89. The monoisotopic (exact) mass is 437 g/mol. The number of halogens is 2. The van der Waals surface area contributed by atoms with E-state index in [2.05, 4.69) is 15.1 Å². The van der Waals surface area contributed by atoms with E-state index in [9.17, 15) is 9.18 Å². The fourth-order valence-electron chi connectivity index (χ4n) is 3.71. The quantitative estimate of drug-likeness (QED) is 0.583. The zero-order chi connectivity index (χ0) is 21.8. The minimum atomic E-state index is -0.198. The van der Waals surface area contributed by atoms with Crippen molar-refractivity contribution in [3.63, 3.8) is 0 Å². The molecule has 1 aliphatic rings. The van der Waals surface area contributed by atoms with Gasteiger partial charge in [0.25, 0.3) is 5.91 Å². The third-order valence-corrected chi connectivity index (χ3v) is 6.02. The number of rotatable bonds is 5. The first-order chi connectivity index (χ1) is 15.0. The van der Waals surface area contributed by atoms with Crippen molar-refractivity contribution in [3.05, 3.63) is 94.3 Å². The second-order valence-electron chi connectivity index (χ2n) is 7.85. The molecule has 1 heterocycles. The largest absolute Gasteiger partial charge is 0.369 e. The number of anilines is 2. The highest BCUT2D eigenvalue weighted by Crippen LogP contribution is 2.22. The molecule has 0 aliphatic carbocycles. The van der Waals surface area contributed by atoms with Crippen molar-refractivity contribution >= 4 is 28.9 Å². The molecule has 0 bridgehead atoms. The summed E-state index contributed by atoms with van der Waals surface area (Å²) in [7, 11) is 0. The van der Waals surface area contributed by atoms with Gasteiger partial charge in [-0.25, -0.2) is 4.39 Å². The molecule has 4 nitrogen and oxygen atoms in total. The molecule has 1 aliphatic heterocycles. The summed E-state index contributed by atoms with van der Waals surface area (Å²) < 4.78 is 13.1. The van der Waals surface area contributed by atoms with Crippen LogP contribution in [0.25, 0.3) is 0 Å². The van der Waals surface area contributed by atoms with Crippen molar-refractivity contribution < 1.29 is 9.18 Å². The van der Waals surface area contributed by atoms with Gasteiger partial charge in [-0.3, -0.25) is 9.69 Å². The maximum absolute atomic E-state index is 13.1. The van der Waals surface area contributed by atoms with E-state index >= 15 is 0 Å². The van der Waals surface area contributed by atoms with E-state index in [0.717, 1.165) is 55.2 Å². The summed E-state index contributed by atoms with van der Waals surface area (Å²) in [4.78, 5) is 17.2. The Morgan fingerprint density at radius 1 is 0.968 bits per heavy atom. The Bertz CT molecular complexity index is 1050. The predicted octanol–water partition coefficient (Wildman–Crippen LogP) is 5.36. The molecule has 0 radical (unpaired) electrons. The summed E-state index contributed by atoms with van der Waals surface area (Å²) in [6.45, 7) is 6.49. The van der Waals surface area contributed by atoms with Crippen LogP contribution in [0.2, 0.25) is 5.02 Å². The second kappa shape index (κ2) is 9.50. The lowest BCUT2D eigenvalue weighted by molar-refractivity contribution is 0.102. The van der Waals surface area contributed by atoms with Gasteiger partial charge in [0.15, 0.2) is 0 Å². The lowest BCUT2D eigenvalue weighted by Crippen LogP contribution is -2.45. The fraction of sp³-hybridized carbons (Fsp3) is 0.240. The summed E-state index contributed by atoms with van der Waals surface area (Å²) in [6, 6.07) is 19.9. The second-order valence-corrected chi connectivity index (χ2v) is 8.26. The van der Waals surface area contributed by atoms with Gasteiger partial charge in [0.2, 0.25) is 0 Å². The first-order valence-electron chi connectivity index (χ1n) is 10.4. The summed E-state index contributed by atoms with van der Waals surface area (Å²) in [5.74, 6) is -0.375. The Morgan fingerprint density at radius 2 is 1.65 bits per heavy atom. The number of hydrogen-bond acceptors (Lipinski definition) is 3. The molecule has 0 atom stereocenters. The smallest absolute Gasteiger partial charge is 0.255 e. The standard InChI is InChI=1S/C25H25ClFN3O/c1-18-2-5-20(16-24(18)26)25(31)28-22-8-10-23(11-9-22)30-14-12-29(13-15-30)17-19-3-6-21(27)7-4-19/h2-11,16H,12-15,17H2,1H3,(H,28,31). The molecule has 1 fully saturated rings.